The third-order valence-electron chi connectivity index (χ3n) is 21.3. The number of likely N-dealkylation sites (N-methyl/N-ethyl adjacent to an activating group) is 2. The molecule has 6 atom stereocenters. The first-order chi connectivity index (χ1) is 59.4. The molecule has 0 amide bonds. The van der Waals surface area contributed by atoms with Crippen molar-refractivity contribution in [1.29, 1.82) is 0 Å². The largest absolute Gasteiger partial charge is 0.493 e. The van der Waals surface area contributed by atoms with Crippen molar-refractivity contribution >= 4 is 96.8 Å². The minimum Gasteiger partial charge on any atom is -0.493 e. The molecule has 1 fully saturated rings. The van der Waals surface area contributed by atoms with Crippen LogP contribution in [0.3, 0.4) is 0 Å². The molecule has 2 N–H and O–H groups in total. The lowest BCUT2D eigenvalue weighted by molar-refractivity contribution is -0.167. The van der Waals surface area contributed by atoms with E-state index in [9.17, 15) is 19.2 Å². The van der Waals surface area contributed by atoms with Crippen molar-refractivity contribution < 1.29 is 76.0 Å². The number of hydrogen-bond acceptors (Lipinski definition) is 23. The van der Waals surface area contributed by atoms with E-state index in [1.54, 1.807) is 47.1 Å². The van der Waals surface area contributed by atoms with Gasteiger partial charge < -0.3 is 67.5 Å². The van der Waals surface area contributed by atoms with Gasteiger partial charge in [0.05, 0.1) is 79.0 Å². The molecular formula is C99H130BrClN4O16S4. The van der Waals surface area contributed by atoms with Crippen LogP contribution < -0.4 is 29.6 Å². The van der Waals surface area contributed by atoms with Crippen LogP contribution in [0.1, 0.15) is 251 Å². The highest BCUT2D eigenvalue weighted by Gasteiger charge is 2.40. The number of nitrogens with zero attached hydrogens (tertiary/aromatic N) is 2. The normalized spacial score (nSPS) is 16.4. The Balaban J connectivity index is 0.000000168. The van der Waals surface area contributed by atoms with Gasteiger partial charge in [0.1, 0.15) is 32.3 Å². The van der Waals surface area contributed by atoms with Crippen molar-refractivity contribution in [1.82, 2.24) is 20.4 Å². The summed E-state index contributed by atoms with van der Waals surface area (Å²) in [5.41, 5.74) is 14.2. The number of fused-ring (bicyclic) bond motifs is 4. The number of thiophene rings is 4. The number of carbonyl (C=O) groups is 4. The highest BCUT2D eigenvalue weighted by Crippen LogP contribution is 2.51. The number of carbonyl (C=O) groups excluding carboxylic acids is 4. The maximum atomic E-state index is 13.1. The molecule has 0 radical (unpaired) electrons. The lowest BCUT2D eigenvalue weighted by atomic mass is 9.91. The van der Waals surface area contributed by atoms with Crippen molar-refractivity contribution in [3.8, 4) is 72.5 Å². The molecule has 5 aromatic heterocycles. The fraction of sp³-hybridized carbons (Fsp3) is 0.525. The predicted octanol–water partition coefficient (Wildman–Crippen LogP) is 24.2. The summed E-state index contributed by atoms with van der Waals surface area (Å²) in [7, 11) is 4.11. The molecule has 4 aliphatic heterocycles. The van der Waals surface area contributed by atoms with Gasteiger partial charge in [-0.15, -0.1) is 45.3 Å². The van der Waals surface area contributed by atoms with E-state index in [0.717, 1.165) is 196 Å². The number of rotatable bonds is 23. The van der Waals surface area contributed by atoms with Crippen LogP contribution >= 0.6 is 72.9 Å². The van der Waals surface area contributed by atoms with Crippen LogP contribution in [0.4, 0.5) is 0 Å². The minimum atomic E-state index is -0.835. The van der Waals surface area contributed by atoms with E-state index in [4.69, 9.17) is 68.4 Å². The van der Waals surface area contributed by atoms with Crippen molar-refractivity contribution in [3.05, 3.63) is 169 Å². The summed E-state index contributed by atoms with van der Waals surface area (Å²) in [6, 6.07) is 28.2. The van der Waals surface area contributed by atoms with Gasteiger partial charge in [-0.2, -0.15) is 5.10 Å². The van der Waals surface area contributed by atoms with Crippen molar-refractivity contribution in [2.75, 3.05) is 67.0 Å². The molecular weight excluding hydrogens is 1740 g/mol. The Hall–Kier alpha value is -7.50. The summed E-state index contributed by atoms with van der Waals surface area (Å²) in [6.07, 6.45) is 14.0. The Morgan fingerprint density at radius 1 is 0.464 bits per heavy atom. The Bertz CT molecular complexity index is 4940. The molecule has 20 nitrogen and oxygen atoms in total. The second-order valence-corrected chi connectivity index (χ2v) is 42.0. The molecule has 1 saturated carbocycles. The number of hydrogen-bond donors (Lipinski definition) is 2. The van der Waals surface area contributed by atoms with E-state index >= 15 is 0 Å². The summed E-state index contributed by atoms with van der Waals surface area (Å²) < 4.78 is 72.8. The van der Waals surface area contributed by atoms with E-state index in [1.807, 2.05) is 179 Å². The molecule has 680 valence electrons. The number of esters is 4. The van der Waals surface area contributed by atoms with E-state index < -0.39 is 52.8 Å². The first-order valence-electron chi connectivity index (χ1n) is 43.9. The van der Waals surface area contributed by atoms with Gasteiger partial charge in [-0.1, -0.05) is 48.7 Å². The van der Waals surface area contributed by atoms with Gasteiger partial charge in [0, 0.05) is 82.9 Å². The van der Waals surface area contributed by atoms with Crippen molar-refractivity contribution in [2.45, 2.75) is 274 Å². The fourth-order valence-electron chi connectivity index (χ4n) is 16.0. The van der Waals surface area contributed by atoms with Crippen LogP contribution in [-0.4, -0.2) is 135 Å². The molecule has 9 aromatic rings. The van der Waals surface area contributed by atoms with Crippen LogP contribution in [0.5, 0.6) is 23.0 Å². The lowest BCUT2D eigenvalue weighted by Gasteiger charge is -2.30. The standard InChI is InChI=1S/C25H30N2O4S.C22H27BrO4S.C22H27ClO4S.C22H28O4S.C8H18N2/c1-6-29-24(28)22(31-25(3,4)5)20-16(2)32-23(27-13-8-12-26-27)21(20)18-10-11-19-17(15-18)9-7-14-30-19;2*1-6-25-21(24)19(27-22(3,4)5)17-13(2)28-20(23)18(17)15-9-10-16-14(12-15)8-7-11-26-16;1-6-24-21(23)20(26-22(3,4)5)19-14(2)27-13-17(19)15-9-10-18-16(12-15)8-7-11-25-18;1-9-7-5-3-4-6-8(7)10-2/h8,10-13,15,22H,6-7,9,14H2,1-5H3;2*9-10,12,19H,6-8,11H2,1-5H3;9-10,12-13,20H,6-8,11H2,1-5H3;7-10H,3-6H2,1-2H3/t;;;;7-,8-/m....0/s1. The zero-order valence-corrected chi connectivity index (χ0v) is 82.8. The van der Waals surface area contributed by atoms with Crippen LogP contribution in [0.25, 0.3) is 49.5 Å². The molecule has 26 heteroatoms. The minimum absolute atomic E-state index is 0.295. The molecule has 4 unspecified atom stereocenters. The summed E-state index contributed by atoms with van der Waals surface area (Å²) in [4.78, 5) is 55.5. The maximum Gasteiger partial charge on any atom is 0.340 e. The Labute approximate surface area is 770 Å². The van der Waals surface area contributed by atoms with Gasteiger partial charge >= 0.3 is 23.9 Å². The number of halogens is 2. The van der Waals surface area contributed by atoms with Crippen molar-refractivity contribution in [2.24, 2.45) is 0 Å². The number of benzene rings is 4. The van der Waals surface area contributed by atoms with Gasteiger partial charge in [-0.3, -0.25) is 0 Å². The molecule has 125 heavy (non-hydrogen) atoms. The molecule has 5 aliphatic rings. The third kappa shape index (κ3) is 26.6. The summed E-state index contributed by atoms with van der Waals surface area (Å²) in [6.45, 7) is 42.9. The van der Waals surface area contributed by atoms with Gasteiger partial charge in [-0.05, 0) is 343 Å². The highest BCUT2D eigenvalue weighted by atomic mass is 79.9. The van der Waals surface area contributed by atoms with Crippen LogP contribution in [0, 0.1) is 27.7 Å². The van der Waals surface area contributed by atoms with E-state index in [0.29, 0.717) is 42.8 Å². The predicted molar refractivity (Wildman–Crippen MR) is 508 cm³/mol. The first-order valence-corrected chi connectivity index (χ1v) is 48.4. The molecule has 0 saturated heterocycles. The second-order valence-electron chi connectivity index (χ2n) is 35.4. The monoisotopic (exact) mass is 1870 g/mol. The maximum absolute atomic E-state index is 13.1. The van der Waals surface area contributed by atoms with Crippen LogP contribution in [0.15, 0.2) is 100 Å². The van der Waals surface area contributed by atoms with Gasteiger partial charge in [0.15, 0.2) is 24.4 Å². The SMILES string of the molecule is CCOC(=O)C(OC(C)(C)C)c1c(-c2ccc3c(c2)CCCO3)csc1C.CCOC(=O)C(OC(C)(C)C)c1c(C)sc(-n2cccn2)c1-c1ccc2c(c1)CCCO2.CCOC(=O)C(OC(C)(C)C)c1c(C)sc(Br)c1-c1ccc2c(c1)CCCO2.CCOC(=O)C(OC(C)(C)C)c1c(C)sc(Cl)c1-c1ccc2c(c1)CCCO2.CN[C@H]1CCCC[C@@H]1NC. The quantitative estimate of drug-likeness (QED) is 0.0449. The second kappa shape index (κ2) is 45.2. The first kappa shape index (κ1) is 99.7. The molecule has 0 spiro atoms. The molecule has 0 bridgehead atoms. The topological polar surface area (TPSA) is 221 Å². The lowest BCUT2D eigenvalue weighted by Crippen LogP contribution is -2.47. The van der Waals surface area contributed by atoms with Gasteiger partial charge in [0.25, 0.3) is 0 Å². The summed E-state index contributed by atoms with van der Waals surface area (Å²) >= 11 is 16.7. The van der Waals surface area contributed by atoms with Crippen LogP contribution in [0.2, 0.25) is 4.34 Å². The summed E-state index contributed by atoms with van der Waals surface area (Å²) in [5, 5.41) is 14.2. The fourth-order valence-corrected chi connectivity index (χ4v) is 21.6. The zero-order chi connectivity index (χ0) is 90.8. The Morgan fingerprint density at radius 2 is 0.800 bits per heavy atom. The van der Waals surface area contributed by atoms with E-state index in [2.05, 4.69) is 93.6 Å². The average molecular weight is 1880 g/mol. The number of nitrogens with one attached hydrogen (secondary N) is 2. The Morgan fingerprint density at radius 3 is 1.17 bits per heavy atom. The third-order valence-corrected chi connectivity index (χ3v) is 26.4. The Kier molecular flexibility index (Phi) is 36.0. The smallest absolute Gasteiger partial charge is 0.340 e. The number of ether oxygens (including phenoxy) is 12. The number of aryl methyl sites for hydroxylation is 8. The van der Waals surface area contributed by atoms with Gasteiger partial charge in [0.2, 0.25) is 0 Å². The molecule has 1 aliphatic carbocycles. The highest BCUT2D eigenvalue weighted by molar-refractivity contribution is 9.11. The average Bonchev–Trinajstić information content (AvgIpc) is 1.62. The van der Waals surface area contributed by atoms with Crippen molar-refractivity contribution in [3.63, 3.8) is 0 Å². The van der Waals surface area contributed by atoms with Crippen LogP contribution in [-0.2, 0) is 82.8 Å². The number of aromatic nitrogens is 2. The molecule has 4 aromatic carbocycles. The molecule has 9 heterocycles. The van der Waals surface area contributed by atoms with Gasteiger partial charge in [-0.25, -0.2) is 23.9 Å². The zero-order valence-electron chi connectivity index (χ0n) is 77.2. The molecule has 14 rings (SSSR count). The van der Waals surface area contributed by atoms with E-state index in [1.165, 1.54) is 59.3 Å². The van der Waals surface area contributed by atoms with E-state index in [-0.39, 0.29) is 17.9 Å². The summed E-state index contributed by atoms with van der Waals surface area (Å²) in [5.74, 6) is 2.31.